The molecule has 5 nitrogen and oxygen atoms in total. The zero-order valence-electron chi connectivity index (χ0n) is 13.8. The Balaban J connectivity index is 2.07. The van der Waals surface area contributed by atoms with Gasteiger partial charge < -0.3 is 5.73 Å². The normalized spacial score (nSPS) is 15.7. The molecule has 4 rings (SSSR count). The van der Waals surface area contributed by atoms with E-state index in [-0.39, 0.29) is 11.7 Å². The molecule has 0 fully saturated rings. The van der Waals surface area contributed by atoms with Crippen molar-refractivity contribution in [1.29, 1.82) is 0 Å². The first kappa shape index (κ1) is 16.8. The van der Waals surface area contributed by atoms with Crippen LogP contribution in [0.5, 0.6) is 0 Å². The van der Waals surface area contributed by atoms with Crippen molar-refractivity contribution in [3.8, 4) is 5.69 Å². The van der Waals surface area contributed by atoms with Gasteiger partial charge in [-0.3, -0.25) is 14.4 Å². The van der Waals surface area contributed by atoms with E-state index in [1.54, 1.807) is 12.4 Å². The maximum absolute atomic E-state index is 11.8. The van der Waals surface area contributed by atoms with Crippen LogP contribution in [0.1, 0.15) is 40.3 Å². The molecule has 0 aliphatic carbocycles. The van der Waals surface area contributed by atoms with Crippen molar-refractivity contribution in [2.75, 3.05) is 0 Å². The van der Waals surface area contributed by atoms with Crippen molar-refractivity contribution < 1.29 is 4.79 Å². The largest absolute Gasteiger partial charge is 0.364 e. The Labute approximate surface area is 160 Å². The number of imidazole rings is 1. The van der Waals surface area contributed by atoms with Gasteiger partial charge in [-0.25, -0.2) is 4.98 Å². The van der Waals surface area contributed by atoms with E-state index < -0.39 is 5.91 Å². The number of halogens is 2. The average Bonchev–Trinajstić information content (AvgIpc) is 3.01. The number of nitrogens with two attached hydrogens (primary N) is 1. The van der Waals surface area contributed by atoms with E-state index in [2.05, 4.69) is 4.98 Å². The molecule has 1 aromatic heterocycles. The zero-order valence-corrected chi connectivity index (χ0v) is 15.3. The van der Waals surface area contributed by atoms with Crippen molar-refractivity contribution in [3.05, 3.63) is 81.4 Å². The van der Waals surface area contributed by atoms with E-state index in [1.165, 1.54) is 0 Å². The van der Waals surface area contributed by atoms with E-state index in [0.717, 1.165) is 16.8 Å². The van der Waals surface area contributed by atoms with E-state index in [4.69, 9.17) is 33.9 Å². The average molecular weight is 385 g/mol. The summed E-state index contributed by atoms with van der Waals surface area (Å²) in [4.78, 5) is 20.9. The van der Waals surface area contributed by atoms with Crippen LogP contribution < -0.4 is 5.73 Å². The first-order valence-electron chi connectivity index (χ1n) is 7.97. The molecule has 0 saturated carbocycles. The fourth-order valence-electron chi connectivity index (χ4n) is 3.24. The Bertz CT molecular complexity index is 1070. The molecular weight excluding hydrogens is 371 g/mol. The minimum atomic E-state index is -0.586. The number of fused-ring (bicyclic) bond motifs is 3. The summed E-state index contributed by atoms with van der Waals surface area (Å²) < 4.78 is 1.84. The smallest absolute Gasteiger partial charge is 0.269 e. The summed E-state index contributed by atoms with van der Waals surface area (Å²) in [7, 11) is 0. The van der Waals surface area contributed by atoms with Gasteiger partial charge >= 0.3 is 0 Å². The highest BCUT2D eigenvalue weighted by atomic mass is 35.5. The number of rotatable bonds is 2. The van der Waals surface area contributed by atoms with Gasteiger partial charge in [0.1, 0.15) is 6.33 Å². The van der Waals surface area contributed by atoms with Gasteiger partial charge in [-0.1, -0.05) is 41.4 Å². The number of aliphatic imine (C=N–C) groups is 1. The van der Waals surface area contributed by atoms with Gasteiger partial charge in [0, 0.05) is 21.2 Å². The van der Waals surface area contributed by atoms with Crippen molar-refractivity contribution in [2.45, 2.75) is 13.0 Å². The predicted octanol–water partition coefficient (Wildman–Crippen LogP) is 4.19. The molecule has 130 valence electrons. The predicted molar refractivity (Wildman–Crippen MR) is 103 cm³/mol. The Morgan fingerprint density at radius 3 is 2.65 bits per heavy atom. The van der Waals surface area contributed by atoms with E-state index in [1.807, 2.05) is 47.9 Å². The van der Waals surface area contributed by atoms with Gasteiger partial charge in [0.05, 0.1) is 23.1 Å². The summed E-state index contributed by atoms with van der Waals surface area (Å²) in [5, 5.41) is 1.17. The number of benzene rings is 2. The van der Waals surface area contributed by atoms with Crippen LogP contribution in [0.3, 0.4) is 0 Å². The Kier molecular flexibility index (Phi) is 4.05. The van der Waals surface area contributed by atoms with Crippen molar-refractivity contribution in [1.82, 2.24) is 9.55 Å². The van der Waals surface area contributed by atoms with Gasteiger partial charge in [0.15, 0.2) is 5.69 Å². The maximum atomic E-state index is 11.8. The number of hydrogen-bond donors (Lipinski definition) is 1. The summed E-state index contributed by atoms with van der Waals surface area (Å²) in [6.45, 7) is 1.89. The number of aromatic nitrogens is 2. The van der Waals surface area contributed by atoms with Gasteiger partial charge in [-0.15, -0.1) is 0 Å². The lowest BCUT2D eigenvalue weighted by Gasteiger charge is -2.13. The SMILES string of the molecule is C[C@H]1N=C(c2ccccc2Cl)c2cc(Cl)ccc2-n2cnc(C(N)=O)c21. The van der Waals surface area contributed by atoms with Gasteiger partial charge in [-0.2, -0.15) is 0 Å². The lowest BCUT2D eigenvalue weighted by molar-refractivity contribution is 0.0994. The van der Waals surface area contributed by atoms with E-state index in [9.17, 15) is 4.79 Å². The molecule has 1 amide bonds. The fourth-order valence-corrected chi connectivity index (χ4v) is 3.64. The monoisotopic (exact) mass is 384 g/mol. The first-order valence-corrected chi connectivity index (χ1v) is 8.73. The minimum absolute atomic E-state index is 0.211. The summed E-state index contributed by atoms with van der Waals surface area (Å²) in [5.41, 5.74) is 9.48. The number of carbonyl (C=O) groups excluding carboxylic acids is 1. The lowest BCUT2D eigenvalue weighted by Crippen LogP contribution is -2.15. The van der Waals surface area contributed by atoms with Gasteiger partial charge in [0.25, 0.3) is 5.91 Å². The highest BCUT2D eigenvalue weighted by Crippen LogP contribution is 2.34. The van der Waals surface area contributed by atoms with Crippen LogP contribution in [-0.4, -0.2) is 21.2 Å². The summed E-state index contributed by atoms with van der Waals surface area (Å²) in [5.74, 6) is -0.586. The standard InChI is InChI=1S/C19H14Cl2N4O/c1-10-18-17(19(22)26)23-9-25(18)15-7-6-11(20)8-13(15)16(24-10)12-4-2-3-5-14(12)21/h2-10H,1H3,(H2,22,26)/t10-/m1/s1. The Hall–Kier alpha value is -2.63. The molecule has 3 aromatic rings. The molecule has 0 spiro atoms. The molecule has 0 bridgehead atoms. The van der Waals surface area contributed by atoms with Crippen LogP contribution in [0.4, 0.5) is 0 Å². The quantitative estimate of drug-likeness (QED) is 0.719. The van der Waals surface area contributed by atoms with Crippen LogP contribution in [0.2, 0.25) is 10.0 Å². The van der Waals surface area contributed by atoms with Crippen LogP contribution in [0, 0.1) is 0 Å². The van der Waals surface area contributed by atoms with E-state index >= 15 is 0 Å². The number of carbonyl (C=O) groups is 1. The molecule has 0 radical (unpaired) electrons. The van der Waals surface area contributed by atoms with Crippen LogP contribution in [0.25, 0.3) is 5.69 Å². The Morgan fingerprint density at radius 1 is 1.15 bits per heavy atom. The minimum Gasteiger partial charge on any atom is -0.364 e. The summed E-state index contributed by atoms with van der Waals surface area (Å²) in [6, 6.07) is 12.6. The molecule has 0 saturated heterocycles. The van der Waals surface area contributed by atoms with Gasteiger partial charge in [0.2, 0.25) is 0 Å². The first-order chi connectivity index (χ1) is 12.5. The molecule has 26 heavy (non-hydrogen) atoms. The van der Waals surface area contributed by atoms with Crippen molar-refractivity contribution in [2.24, 2.45) is 10.7 Å². The second-order valence-corrected chi connectivity index (χ2v) is 6.85. The second kappa shape index (κ2) is 6.27. The molecule has 0 unspecified atom stereocenters. The van der Waals surface area contributed by atoms with Crippen molar-refractivity contribution in [3.63, 3.8) is 0 Å². The second-order valence-electron chi connectivity index (χ2n) is 6.01. The number of primary amides is 1. The molecule has 2 heterocycles. The fraction of sp³-hybridized carbons (Fsp3) is 0.105. The van der Waals surface area contributed by atoms with Gasteiger partial charge in [-0.05, 0) is 31.2 Å². The lowest BCUT2D eigenvalue weighted by atomic mass is 10.0. The molecule has 2 aromatic carbocycles. The molecule has 1 aliphatic rings. The highest BCUT2D eigenvalue weighted by Gasteiger charge is 2.28. The third-order valence-electron chi connectivity index (χ3n) is 4.36. The Morgan fingerprint density at radius 2 is 1.92 bits per heavy atom. The van der Waals surface area contributed by atoms with Crippen LogP contribution in [-0.2, 0) is 0 Å². The molecule has 1 atom stereocenters. The zero-order chi connectivity index (χ0) is 18.4. The van der Waals surface area contributed by atoms with E-state index in [0.29, 0.717) is 21.5 Å². The molecule has 2 N–H and O–H groups in total. The van der Waals surface area contributed by atoms with Crippen LogP contribution >= 0.6 is 23.2 Å². The molecule has 7 heteroatoms. The summed E-state index contributed by atoms with van der Waals surface area (Å²) >= 11 is 12.7. The topological polar surface area (TPSA) is 73.3 Å². The highest BCUT2D eigenvalue weighted by molar-refractivity contribution is 6.36. The number of nitrogens with zero attached hydrogens (tertiary/aromatic N) is 3. The molecular formula is C19H14Cl2N4O. The third-order valence-corrected chi connectivity index (χ3v) is 4.92. The number of amides is 1. The molecule has 1 aliphatic heterocycles. The third kappa shape index (κ3) is 2.60. The van der Waals surface area contributed by atoms with Crippen molar-refractivity contribution >= 4 is 34.8 Å². The maximum Gasteiger partial charge on any atom is 0.269 e. The van der Waals surface area contributed by atoms with Crippen LogP contribution in [0.15, 0.2) is 53.8 Å². The number of hydrogen-bond acceptors (Lipinski definition) is 3. The summed E-state index contributed by atoms with van der Waals surface area (Å²) in [6.07, 6.45) is 1.59.